The van der Waals surface area contributed by atoms with Crippen molar-refractivity contribution >= 4 is 17.6 Å². The average Bonchev–Trinajstić information content (AvgIpc) is 2.94. The van der Waals surface area contributed by atoms with Gasteiger partial charge in [-0.1, -0.05) is 36.8 Å². The summed E-state index contributed by atoms with van der Waals surface area (Å²) < 4.78 is 7.05. The van der Waals surface area contributed by atoms with Crippen molar-refractivity contribution in [3.8, 4) is 6.07 Å². The molecule has 2 aromatic carbocycles. The summed E-state index contributed by atoms with van der Waals surface area (Å²) in [5, 5.41) is 12.0. The molecule has 1 amide bonds. The molecule has 0 unspecified atom stereocenters. The number of hydrogen-bond acceptors (Lipinski definition) is 5. The van der Waals surface area contributed by atoms with Gasteiger partial charge in [-0.15, -0.1) is 0 Å². The van der Waals surface area contributed by atoms with Gasteiger partial charge < -0.3 is 14.5 Å². The number of fused-ring (bicyclic) bond motifs is 3. The molecule has 2 bridgehead atoms. The lowest BCUT2D eigenvalue weighted by atomic mass is 9.82. The van der Waals surface area contributed by atoms with Crippen molar-refractivity contribution in [1.29, 1.82) is 5.26 Å². The molecule has 37 heavy (non-hydrogen) atoms. The van der Waals surface area contributed by atoms with E-state index in [0.29, 0.717) is 34.7 Å². The second-order valence-corrected chi connectivity index (χ2v) is 11.1. The summed E-state index contributed by atoms with van der Waals surface area (Å²) in [6.45, 7) is 6.72. The van der Waals surface area contributed by atoms with Crippen LogP contribution >= 0.6 is 0 Å². The predicted octanol–water partition coefficient (Wildman–Crippen LogP) is 4.05. The van der Waals surface area contributed by atoms with Gasteiger partial charge in [0.1, 0.15) is 12.1 Å². The molecule has 4 fully saturated rings. The molecule has 0 radical (unpaired) electrons. The van der Waals surface area contributed by atoms with E-state index in [1.54, 1.807) is 24.3 Å². The van der Waals surface area contributed by atoms with E-state index in [2.05, 4.69) is 16.3 Å². The molecule has 4 aliphatic heterocycles. The summed E-state index contributed by atoms with van der Waals surface area (Å²) in [5.41, 5.74) is 1.42. The Hall–Kier alpha value is -3.21. The quantitative estimate of drug-likeness (QED) is 0.457. The molecule has 194 valence electrons. The number of rotatable bonds is 7. The number of nitrogens with one attached hydrogen (secondary N) is 1. The first-order chi connectivity index (χ1) is 17.9. The van der Waals surface area contributed by atoms with E-state index in [1.807, 2.05) is 37.3 Å². The molecule has 6 rings (SSSR count). The number of carbonyl (C=O) groups is 2. The third-order valence-corrected chi connectivity index (χ3v) is 8.80. The zero-order valence-corrected chi connectivity index (χ0v) is 21.7. The van der Waals surface area contributed by atoms with Crippen LogP contribution in [0.25, 0.3) is 0 Å². The van der Waals surface area contributed by atoms with Crippen LogP contribution in [-0.2, 0) is 19.9 Å². The Morgan fingerprint density at radius 3 is 2.38 bits per heavy atom. The van der Waals surface area contributed by atoms with Gasteiger partial charge >= 0.3 is 5.97 Å². The highest BCUT2D eigenvalue weighted by molar-refractivity contribution is 5.91. The van der Waals surface area contributed by atoms with E-state index >= 15 is 0 Å². The van der Waals surface area contributed by atoms with Crippen LogP contribution < -0.4 is 5.32 Å². The Bertz CT molecular complexity index is 1150. The van der Waals surface area contributed by atoms with Crippen molar-refractivity contribution in [1.82, 2.24) is 4.90 Å². The van der Waals surface area contributed by atoms with Gasteiger partial charge in [-0.3, -0.25) is 9.69 Å². The molecule has 4 heterocycles. The third kappa shape index (κ3) is 5.27. The fraction of sp³-hybridized carbons (Fsp3) is 0.500. The Labute approximate surface area is 219 Å². The number of benzene rings is 2. The molecule has 2 aromatic rings. The molecule has 0 saturated carbocycles. The number of likely N-dealkylation sites (tertiary alicyclic amines) is 1. The molecule has 0 aliphatic carbocycles. The average molecular weight is 502 g/mol. The highest BCUT2D eigenvalue weighted by Gasteiger charge is 2.51. The minimum atomic E-state index is -0.814. The zero-order valence-electron chi connectivity index (χ0n) is 21.7. The Kier molecular flexibility index (Phi) is 7.32. The number of nitriles is 1. The van der Waals surface area contributed by atoms with E-state index in [9.17, 15) is 9.59 Å². The van der Waals surface area contributed by atoms with E-state index in [0.717, 1.165) is 57.4 Å². The minimum Gasteiger partial charge on any atom is -0.454 e. The fourth-order valence-electron chi connectivity index (χ4n) is 6.50. The van der Waals surface area contributed by atoms with Crippen LogP contribution in [0, 0.1) is 17.2 Å². The van der Waals surface area contributed by atoms with E-state index in [4.69, 9.17) is 10.00 Å². The number of carbonyl (C=O) groups excluding carboxylic acids is 2. The Balaban J connectivity index is 1.28. The molecule has 0 aromatic heterocycles. The van der Waals surface area contributed by atoms with Gasteiger partial charge in [0.05, 0.1) is 24.7 Å². The molecule has 0 spiro atoms. The maximum atomic E-state index is 14.0. The maximum absolute atomic E-state index is 14.0. The number of quaternary nitrogens is 1. The van der Waals surface area contributed by atoms with Gasteiger partial charge in [0.15, 0.2) is 12.6 Å². The van der Waals surface area contributed by atoms with Gasteiger partial charge in [0.2, 0.25) is 0 Å². The predicted molar refractivity (Wildman–Crippen MR) is 141 cm³/mol. The molecule has 7 heteroatoms. The monoisotopic (exact) mass is 501 g/mol. The zero-order chi connectivity index (χ0) is 25.9. The second kappa shape index (κ2) is 10.6. The third-order valence-electron chi connectivity index (χ3n) is 8.80. The van der Waals surface area contributed by atoms with Crippen LogP contribution in [0.4, 0.5) is 5.69 Å². The van der Waals surface area contributed by atoms with Gasteiger partial charge in [-0.05, 0) is 62.7 Å². The van der Waals surface area contributed by atoms with Gasteiger partial charge in [-0.2, -0.15) is 5.26 Å². The lowest BCUT2D eigenvalue weighted by molar-refractivity contribution is -0.939. The number of amides is 1. The Morgan fingerprint density at radius 2 is 1.73 bits per heavy atom. The number of piperidine rings is 4. The first-order valence-corrected chi connectivity index (χ1v) is 13.6. The van der Waals surface area contributed by atoms with Gasteiger partial charge in [-0.25, -0.2) is 4.79 Å². The van der Waals surface area contributed by atoms with Crippen LogP contribution in [0.15, 0.2) is 54.6 Å². The summed E-state index contributed by atoms with van der Waals surface area (Å²) in [4.78, 5) is 29.2. The fourth-order valence-corrected chi connectivity index (χ4v) is 6.50. The first-order valence-electron chi connectivity index (χ1n) is 13.6. The van der Waals surface area contributed by atoms with Crippen molar-refractivity contribution in [2.24, 2.45) is 5.92 Å². The van der Waals surface area contributed by atoms with E-state index < -0.39 is 5.54 Å². The number of esters is 1. The van der Waals surface area contributed by atoms with Crippen molar-refractivity contribution in [2.75, 3.05) is 44.6 Å². The van der Waals surface area contributed by atoms with Gasteiger partial charge in [0.25, 0.3) is 5.91 Å². The van der Waals surface area contributed by atoms with Crippen LogP contribution in [0.1, 0.15) is 50.2 Å². The van der Waals surface area contributed by atoms with Gasteiger partial charge in [0, 0.05) is 24.4 Å². The van der Waals surface area contributed by atoms with Crippen LogP contribution in [0.3, 0.4) is 0 Å². The molecular weight excluding hydrogens is 464 g/mol. The van der Waals surface area contributed by atoms with Crippen molar-refractivity contribution in [3.05, 3.63) is 65.7 Å². The summed E-state index contributed by atoms with van der Waals surface area (Å²) >= 11 is 0. The molecular formula is C30H37N4O3+. The lowest BCUT2D eigenvalue weighted by Crippen LogP contribution is -2.66. The summed E-state index contributed by atoms with van der Waals surface area (Å²) in [6, 6.07) is 19.1. The number of nitrogens with zero attached hydrogens (tertiary/aromatic N) is 3. The van der Waals surface area contributed by atoms with Crippen LogP contribution in [0.2, 0.25) is 0 Å². The van der Waals surface area contributed by atoms with Crippen molar-refractivity contribution < 1.29 is 18.8 Å². The maximum Gasteiger partial charge on any atom is 0.331 e. The highest BCUT2D eigenvalue weighted by atomic mass is 16.5. The van der Waals surface area contributed by atoms with Crippen LogP contribution in [0.5, 0.6) is 0 Å². The highest BCUT2D eigenvalue weighted by Crippen LogP contribution is 2.38. The topological polar surface area (TPSA) is 82.4 Å². The first kappa shape index (κ1) is 25.4. The molecule has 2 atom stereocenters. The van der Waals surface area contributed by atoms with E-state index in [1.165, 1.54) is 6.42 Å². The van der Waals surface area contributed by atoms with Crippen LogP contribution in [-0.4, -0.2) is 66.6 Å². The number of ether oxygens (including phenoxy) is 1. The summed E-state index contributed by atoms with van der Waals surface area (Å²) in [5.74, 6) is 0.143. The SMILES string of the molecule is C[C@@](C(=O)O[C@H]1C[N+]2(CC(=O)Nc3ccc(C#N)cc3)CCC1CC2)(c1ccccc1)N1CCCCC1. The van der Waals surface area contributed by atoms with Crippen molar-refractivity contribution in [3.63, 3.8) is 0 Å². The molecule has 7 nitrogen and oxygen atoms in total. The lowest BCUT2D eigenvalue weighted by Gasteiger charge is -2.52. The smallest absolute Gasteiger partial charge is 0.331 e. The molecule has 4 aliphatic rings. The van der Waals surface area contributed by atoms with E-state index in [-0.39, 0.29) is 18.0 Å². The molecule has 4 saturated heterocycles. The molecule has 1 N–H and O–H groups in total. The second-order valence-electron chi connectivity index (χ2n) is 11.1. The number of anilines is 1. The summed E-state index contributed by atoms with van der Waals surface area (Å²) in [7, 11) is 0. The Morgan fingerprint density at radius 1 is 1.05 bits per heavy atom. The summed E-state index contributed by atoms with van der Waals surface area (Å²) in [6.07, 6.45) is 5.14. The van der Waals surface area contributed by atoms with Crippen molar-refractivity contribution in [2.45, 2.75) is 50.7 Å². The minimum absolute atomic E-state index is 0.0439. The largest absolute Gasteiger partial charge is 0.454 e. The standard InChI is InChI=1S/C30H36N4O3/c1-30(25-8-4-2-5-9-25,33-16-6-3-7-17-33)29(36)37-27-21-34(18-14-24(27)15-19-34)22-28(35)32-26-12-10-23(20-31)11-13-26/h2,4-5,8-13,24,27H,3,6-7,14-19,21-22H2,1H3/p+1/t24?,27-,30-,34?/m0/s1. The normalized spacial score (nSPS) is 27.0. The number of hydrogen-bond donors (Lipinski definition) is 1.